The number of imidazole rings is 1. The summed E-state index contributed by atoms with van der Waals surface area (Å²) in [4.78, 5) is 26.0. The largest absolute Gasteiger partial charge is 0.497 e. The van der Waals surface area contributed by atoms with Crippen LogP contribution in [0, 0.1) is 0 Å². The summed E-state index contributed by atoms with van der Waals surface area (Å²) in [5, 5.41) is 14.1. The predicted octanol–water partition coefficient (Wildman–Crippen LogP) is 5.75. The van der Waals surface area contributed by atoms with Crippen molar-refractivity contribution in [3.63, 3.8) is 0 Å². The van der Waals surface area contributed by atoms with E-state index in [0.717, 1.165) is 28.2 Å². The molecule has 6 aromatic rings. The van der Waals surface area contributed by atoms with Crippen LogP contribution in [0.15, 0.2) is 122 Å². The highest BCUT2D eigenvalue weighted by Crippen LogP contribution is 2.43. The molecule has 0 bridgehead atoms. The molecule has 3 atom stereocenters. The lowest BCUT2D eigenvalue weighted by molar-refractivity contribution is -0.0931. The Kier molecular flexibility index (Phi) is 9.03. The van der Waals surface area contributed by atoms with E-state index in [1.807, 2.05) is 84.9 Å². The van der Waals surface area contributed by atoms with E-state index in [9.17, 15) is 9.90 Å². The summed E-state index contributed by atoms with van der Waals surface area (Å²) in [6.07, 6.45) is 1.11. The third-order valence-corrected chi connectivity index (χ3v) is 8.78. The Hall–Kier alpha value is -5.62. The van der Waals surface area contributed by atoms with Gasteiger partial charge >= 0.3 is 0 Å². The smallest absolute Gasteiger partial charge is 0.256 e. The Morgan fingerprint density at radius 3 is 2.04 bits per heavy atom. The number of carbonyl (C=O) groups is 1. The molecule has 0 saturated carbocycles. The standard InChI is InChI=1S/C38H35N5O6/c1-46-29-17-13-27(14-18-29)38(26-11-7-4-8-12-26,28-15-19-30(47-2)20-16-28)48-22-32-31(44)21-33(49-32)43-24-41-34-35(39-23-40-36(34)43)42-37(45)25-9-5-3-6-10-25/h3-20,23-24,31-33,44H,21-22H2,1-2H3,(H,39,40,42,45)/t31-,32-,33+/m1/s1. The number of fused-ring (bicyclic) bond motifs is 1. The summed E-state index contributed by atoms with van der Waals surface area (Å²) in [6, 6.07) is 34.4. The number of methoxy groups -OCH3 is 2. The molecule has 1 fully saturated rings. The average Bonchev–Trinajstić information content (AvgIpc) is 3.76. The van der Waals surface area contributed by atoms with Gasteiger partial charge in [0.25, 0.3) is 5.91 Å². The number of amides is 1. The predicted molar refractivity (Wildman–Crippen MR) is 183 cm³/mol. The molecule has 1 aliphatic heterocycles. The first kappa shape index (κ1) is 32.0. The van der Waals surface area contributed by atoms with Crippen molar-refractivity contribution in [2.24, 2.45) is 0 Å². The minimum absolute atomic E-state index is 0.0601. The molecule has 11 heteroatoms. The molecule has 0 radical (unpaired) electrons. The molecule has 0 aliphatic carbocycles. The number of nitrogens with zero attached hydrogens (tertiary/aromatic N) is 4. The number of ether oxygens (including phenoxy) is 4. The van der Waals surface area contributed by atoms with Gasteiger partial charge in [0.05, 0.1) is 33.3 Å². The van der Waals surface area contributed by atoms with E-state index >= 15 is 0 Å². The fourth-order valence-electron chi connectivity index (χ4n) is 6.24. The van der Waals surface area contributed by atoms with Crippen molar-refractivity contribution in [3.8, 4) is 11.5 Å². The van der Waals surface area contributed by atoms with Gasteiger partial charge in [0.2, 0.25) is 0 Å². The molecular weight excluding hydrogens is 622 g/mol. The monoisotopic (exact) mass is 657 g/mol. The van der Waals surface area contributed by atoms with E-state index in [1.165, 1.54) is 6.33 Å². The Balaban J connectivity index is 1.18. The molecule has 2 N–H and O–H groups in total. The first-order chi connectivity index (χ1) is 24.0. The molecule has 1 aliphatic rings. The van der Waals surface area contributed by atoms with Gasteiger partial charge in [-0.2, -0.15) is 0 Å². The van der Waals surface area contributed by atoms with Gasteiger partial charge in [0, 0.05) is 12.0 Å². The van der Waals surface area contributed by atoms with Gasteiger partial charge < -0.3 is 29.4 Å². The number of anilines is 1. The summed E-state index contributed by atoms with van der Waals surface area (Å²) in [5.41, 5.74) is 2.94. The first-order valence-corrected chi connectivity index (χ1v) is 15.9. The van der Waals surface area contributed by atoms with Crippen LogP contribution in [0.1, 0.15) is 39.7 Å². The topological polar surface area (TPSA) is 130 Å². The molecule has 11 nitrogen and oxygen atoms in total. The van der Waals surface area contributed by atoms with Crippen LogP contribution in [-0.2, 0) is 15.1 Å². The van der Waals surface area contributed by atoms with E-state index in [2.05, 4.69) is 20.3 Å². The molecule has 3 heterocycles. The number of hydrogen-bond acceptors (Lipinski definition) is 9. The molecule has 0 unspecified atom stereocenters. The van der Waals surface area contributed by atoms with E-state index in [4.69, 9.17) is 18.9 Å². The van der Waals surface area contributed by atoms with Gasteiger partial charge in [-0.1, -0.05) is 72.8 Å². The lowest BCUT2D eigenvalue weighted by Gasteiger charge is -2.37. The van der Waals surface area contributed by atoms with Crippen LogP contribution < -0.4 is 14.8 Å². The molecule has 0 spiro atoms. The van der Waals surface area contributed by atoms with Crippen molar-refractivity contribution in [2.45, 2.75) is 30.5 Å². The minimum atomic E-state index is -1.07. The number of rotatable bonds is 11. The molecule has 248 valence electrons. The van der Waals surface area contributed by atoms with Gasteiger partial charge in [0.1, 0.15) is 35.8 Å². The molecule has 1 amide bonds. The van der Waals surface area contributed by atoms with Crippen molar-refractivity contribution < 1.29 is 28.8 Å². The van der Waals surface area contributed by atoms with E-state index in [1.54, 1.807) is 49.4 Å². The Bertz CT molecular complexity index is 1970. The van der Waals surface area contributed by atoms with Crippen molar-refractivity contribution in [2.75, 3.05) is 26.1 Å². The van der Waals surface area contributed by atoms with Gasteiger partial charge in [-0.3, -0.25) is 9.36 Å². The quantitative estimate of drug-likeness (QED) is 0.167. The Morgan fingerprint density at radius 2 is 1.43 bits per heavy atom. The van der Waals surface area contributed by atoms with Gasteiger partial charge in [-0.25, -0.2) is 15.0 Å². The number of carbonyl (C=O) groups excluding carboxylic acids is 1. The molecule has 49 heavy (non-hydrogen) atoms. The second-order valence-corrected chi connectivity index (χ2v) is 11.6. The molecule has 4 aromatic carbocycles. The van der Waals surface area contributed by atoms with Gasteiger partial charge in [-0.05, 0) is 53.1 Å². The van der Waals surface area contributed by atoms with Crippen LogP contribution in [0.2, 0.25) is 0 Å². The molecule has 2 aromatic heterocycles. The van der Waals surface area contributed by atoms with Crippen molar-refractivity contribution >= 4 is 22.9 Å². The maximum Gasteiger partial charge on any atom is 0.256 e. The van der Waals surface area contributed by atoms with Crippen LogP contribution in [0.5, 0.6) is 11.5 Å². The summed E-state index contributed by atoms with van der Waals surface area (Å²) in [7, 11) is 3.26. The fraction of sp³-hybridized carbons (Fsp3) is 0.211. The highest BCUT2D eigenvalue weighted by molar-refractivity contribution is 6.06. The SMILES string of the molecule is COc1ccc(C(OC[C@H]2O[C@H](n3cnc4c(NC(=O)c5ccccc5)ncnc43)C[C@H]2O)(c2ccccc2)c2ccc(OC)cc2)cc1. The van der Waals surface area contributed by atoms with Crippen LogP contribution in [0.4, 0.5) is 5.82 Å². The second kappa shape index (κ2) is 13.9. The number of benzene rings is 4. The van der Waals surface area contributed by atoms with Crippen molar-refractivity contribution in [1.29, 1.82) is 0 Å². The molecule has 1 saturated heterocycles. The van der Waals surface area contributed by atoms with Crippen molar-refractivity contribution in [1.82, 2.24) is 19.5 Å². The van der Waals surface area contributed by atoms with Crippen LogP contribution in [0.3, 0.4) is 0 Å². The van der Waals surface area contributed by atoms with Gasteiger partial charge in [0.15, 0.2) is 17.0 Å². The third-order valence-electron chi connectivity index (χ3n) is 8.78. The third kappa shape index (κ3) is 6.22. The number of aliphatic hydroxyl groups is 1. The zero-order valence-corrected chi connectivity index (χ0v) is 27.0. The number of nitrogens with one attached hydrogen (secondary N) is 1. The second-order valence-electron chi connectivity index (χ2n) is 11.6. The van der Waals surface area contributed by atoms with E-state index in [-0.39, 0.29) is 24.8 Å². The molecular formula is C38H35N5O6. The summed E-state index contributed by atoms with van der Waals surface area (Å²) < 4.78 is 26.1. The Labute approximate surface area is 283 Å². The van der Waals surface area contributed by atoms with Gasteiger partial charge in [-0.15, -0.1) is 0 Å². The lowest BCUT2D eigenvalue weighted by atomic mass is 9.80. The number of aliphatic hydroxyl groups excluding tert-OH is 1. The highest BCUT2D eigenvalue weighted by atomic mass is 16.6. The van der Waals surface area contributed by atoms with Crippen molar-refractivity contribution in [3.05, 3.63) is 144 Å². The number of hydrogen-bond donors (Lipinski definition) is 2. The average molecular weight is 658 g/mol. The maximum atomic E-state index is 12.8. The zero-order valence-electron chi connectivity index (χ0n) is 27.0. The highest BCUT2D eigenvalue weighted by Gasteiger charge is 2.42. The Morgan fingerprint density at radius 1 is 0.837 bits per heavy atom. The zero-order chi connectivity index (χ0) is 33.8. The molecule has 7 rings (SSSR count). The first-order valence-electron chi connectivity index (χ1n) is 15.9. The van der Waals surface area contributed by atoms with Crippen LogP contribution in [0.25, 0.3) is 11.2 Å². The van der Waals surface area contributed by atoms with Crippen LogP contribution in [-0.4, -0.2) is 63.6 Å². The van der Waals surface area contributed by atoms with Crippen LogP contribution >= 0.6 is 0 Å². The summed E-state index contributed by atoms with van der Waals surface area (Å²) >= 11 is 0. The summed E-state index contributed by atoms with van der Waals surface area (Å²) in [6.45, 7) is 0.0601. The fourth-order valence-corrected chi connectivity index (χ4v) is 6.24. The summed E-state index contributed by atoms with van der Waals surface area (Å²) in [5.74, 6) is 1.41. The maximum absolute atomic E-state index is 12.8. The minimum Gasteiger partial charge on any atom is -0.497 e. The number of aromatic nitrogens is 4. The van der Waals surface area contributed by atoms with E-state index in [0.29, 0.717) is 16.7 Å². The lowest BCUT2D eigenvalue weighted by Crippen LogP contribution is -2.38. The van der Waals surface area contributed by atoms with E-state index < -0.39 is 24.0 Å². The normalized spacial score (nSPS) is 17.6.